The van der Waals surface area contributed by atoms with Crippen molar-refractivity contribution in [2.75, 3.05) is 5.75 Å². The number of hydrogen-bond donors (Lipinski definition) is 2. The van der Waals surface area contributed by atoms with Crippen LogP contribution in [0.2, 0.25) is 0 Å². The van der Waals surface area contributed by atoms with Crippen molar-refractivity contribution in [3.63, 3.8) is 0 Å². The Balaban J connectivity index is 2.02. The molecule has 114 valence electrons. The van der Waals surface area contributed by atoms with Crippen LogP contribution in [0.25, 0.3) is 0 Å². The average Bonchev–Trinajstić information content (AvgIpc) is 2.52. The van der Waals surface area contributed by atoms with Crippen molar-refractivity contribution in [3.8, 4) is 0 Å². The maximum Gasteiger partial charge on any atom is 0.252 e. The summed E-state index contributed by atoms with van der Waals surface area (Å²) in [5, 5.41) is 2.77. The van der Waals surface area contributed by atoms with Gasteiger partial charge in [-0.05, 0) is 29.8 Å². The smallest absolute Gasteiger partial charge is 0.252 e. The fraction of sp³-hybridized carbons (Fsp3) is 0.125. The van der Waals surface area contributed by atoms with Crippen LogP contribution in [-0.2, 0) is 11.3 Å². The van der Waals surface area contributed by atoms with Gasteiger partial charge >= 0.3 is 0 Å². The van der Waals surface area contributed by atoms with Gasteiger partial charge in [-0.2, -0.15) is 0 Å². The molecular formula is C16H15FN2O2S. The topological polar surface area (TPSA) is 72.2 Å². The molecule has 0 aromatic heterocycles. The Bertz CT molecular complexity index is 674. The first-order valence-electron chi connectivity index (χ1n) is 6.59. The van der Waals surface area contributed by atoms with Crippen molar-refractivity contribution >= 4 is 23.6 Å². The number of thioether (sulfide) groups is 1. The van der Waals surface area contributed by atoms with E-state index in [0.29, 0.717) is 17.0 Å². The molecule has 0 bridgehead atoms. The molecule has 0 unspecified atom stereocenters. The van der Waals surface area contributed by atoms with Crippen LogP contribution in [-0.4, -0.2) is 17.6 Å². The summed E-state index contributed by atoms with van der Waals surface area (Å²) in [4.78, 5) is 23.8. The summed E-state index contributed by atoms with van der Waals surface area (Å²) in [5.74, 6) is -0.894. The highest BCUT2D eigenvalue weighted by Gasteiger charge is 2.11. The fourth-order valence-electron chi connectivity index (χ4n) is 1.81. The van der Waals surface area contributed by atoms with Crippen molar-refractivity contribution in [2.24, 2.45) is 5.73 Å². The third kappa shape index (κ3) is 4.60. The molecule has 0 heterocycles. The monoisotopic (exact) mass is 318 g/mol. The number of nitrogens with one attached hydrogen (secondary N) is 1. The second-order valence-corrected chi connectivity index (χ2v) is 5.58. The number of primary amides is 1. The van der Waals surface area contributed by atoms with Gasteiger partial charge in [0.05, 0.1) is 11.3 Å². The van der Waals surface area contributed by atoms with Gasteiger partial charge in [0.1, 0.15) is 5.82 Å². The molecule has 0 atom stereocenters. The standard InChI is InChI=1S/C16H15FN2O2S/c17-12-7-5-11(6-8-12)9-19-16(21)13-3-1-2-4-14(13)22-10-15(18)20/h1-8H,9-10H2,(H2,18,20)(H,19,21). The number of carbonyl (C=O) groups excluding carboxylic acids is 2. The highest BCUT2D eigenvalue weighted by Crippen LogP contribution is 2.22. The lowest BCUT2D eigenvalue weighted by molar-refractivity contribution is -0.115. The van der Waals surface area contributed by atoms with Crippen LogP contribution >= 0.6 is 11.8 Å². The van der Waals surface area contributed by atoms with Crippen LogP contribution in [0.5, 0.6) is 0 Å². The number of benzene rings is 2. The number of nitrogens with two attached hydrogens (primary N) is 1. The Morgan fingerprint density at radius 3 is 2.45 bits per heavy atom. The van der Waals surface area contributed by atoms with Gasteiger partial charge in [-0.3, -0.25) is 9.59 Å². The molecule has 0 aliphatic heterocycles. The fourth-order valence-corrected chi connectivity index (χ4v) is 2.60. The first-order chi connectivity index (χ1) is 10.6. The maximum atomic E-state index is 12.8. The molecule has 0 aliphatic carbocycles. The number of rotatable bonds is 6. The van der Waals surface area contributed by atoms with Gasteiger partial charge in [-0.15, -0.1) is 11.8 Å². The van der Waals surface area contributed by atoms with E-state index < -0.39 is 5.91 Å². The number of amides is 2. The third-order valence-corrected chi connectivity index (χ3v) is 3.96. The zero-order valence-corrected chi connectivity index (χ0v) is 12.5. The molecule has 0 radical (unpaired) electrons. The second-order valence-electron chi connectivity index (χ2n) is 4.56. The van der Waals surface area contributed by atoms with E-state index in [4.69, 9.17) is 5.73 Å². The van der Waals surface area contributed by atoms with Gasteiger partial charge in [0.25, 0.3) is 5.91 Å². The molecule has 2 aromatic rings. The molecule has 0 spiro atoms. The predicted octanol–water partition coefficient (Wildman–Crippen LogP) is 2.33. The Hall–Kier alpha value is -2.34. The van der Waals surface area contributed by atoms with E-state index in [1.54, 1.807) is 36.4 Å². The number of carbonyl (C=O) groups is 2. The molecular weight excluding hydrogens is 303 g/mol. The minimum atomic E-state index is -0.438. The summed E-state index contributed by atoms with van der Waals surface area (Å²) < 4.78 is 12.8. The summed E-state index contributed by atoms with van der Waals surface area (Å²) in [5.41, 5.74) is 6.41. The SMILES string of the molecule is NC(=O)CSc1ccccc1C(=O)NCc1ccc(F)cc1. The van der Waals surface area contributed by atoms with E-state index in [1.807, 2.05) is 0 Å². The minimum absolute atomic E-state index is 0.113. The van der Waals surface area contributed by atoms with E-state index in [0.717, 1.165) is 5.56 Å². The summed E-state index contributed by atoms with van der Waals surface area (Å²) in [6, 6.07) is 12.9. The number of halogens is 1. The van der Waals surface area contributed by atoms with Crippen molar-refractivity contribution in [2.45, 2.75) is 11.4 Å². The van der Waals surface area contributed by atoms with Crippen LogP contribution < -0.4 is 11.1 Å². The van der Waals surface area contributed by atoms with Crippen LogP contribution in [0, 0.1) is 5.82 Å². The van der Waals surface area contributed by atoms with Gasteiger partial charge < -0.3 is 11.1 Å². The molecule has 6 heteroatoms. The minimum Gasteiger partial charge on any atom is -0.369 e. The van der Waals surface area contributed by atoms with Gasteiger partial charge in [-0.1, -0.05) is 24.3 Å². The highest BCUT2D eigenvalue weighted by molar-refractivity contribution is 8.00. The van der Waals surface area contributed by atoms with Gasteiger partial charge in [0.15, 0.2) is 0 Å². The molecule has 2 rings (SSSR count). The predicted molar refractivity (Wildman–Crippen MR) is 83.9 cm³/mol. The molecule has 0 saturated carbocycles. The summed E-state index contributed by atoms with van der Waals surface area (Å²) in [6.45, 7) is 0.300. The first-order valence-corrected chi connectivity index (χ1v) is 7.57. The lowest BCUT2D eigenvalue weighted by Gasteiger charge is -2.09. The largest absolute Gasteiger partial charge is 0.369 e. The molecule has 2 amide bonds. The molecule has 2 aromatic carbocycles. The average molecular weight is 318 g/mol. The highest BCUT2D eigenvalue weighted by atomic mass is 32.2. The van der Waals surface area contributed by atoms with Crippen LogP contribution in [0.4, 0.5) is 4.39 Å². The Kier molecular flexibility index (Phi) is 5.55. The van der Waals surface area contributed by atoms with Crippen molar-refractivity contribution in [1.82, 2.24) is 5.32 Å². The Morgan fingerprint density at radius 1 is 1.09 bits per heavy atom. The van der Waals surface area contributed by atoms with Crippen LogP contribution in [0.3, 0.4) is 0 Å². The quantitative estimate of drug-likeness (QED) is 0.803. The second kappa shape index (κ2) is 7.61. The number of hydrogen-bond acceptors (Lipinski definition) is 3. The third-order valence-electron chi connectivity index (χ3n) is 2.87. The van der Waals surface area contributed by atoms with E-state index in [2.05, 4.69) is 5.32 Å². The summed E-state index contributed by atoms with van der Waals surface area (Å²) in [6.07, 6.45) is 0. The normalized spacial score (nSPS) is 10.2. The molecule has 4 nitrogen and oxygen atoms in total. The summed E-state index contributed by atoms with van der Waals surface area (Å²) >= 11 is 1.22. The zero-order valence-electron chi connectivity index (χ0n) is 11.7. The summed E-state index contributed by atoms with van der Waals surface area (Å²) in [7, 11) is 0. The molecule has 0 fully saturated rings. The van der Waals surface area contributed by atoms with Crippen molar-refractivity contribution in [3.05, 3.63) is 65.5 Å². The zero-order chi connectivity index (χ0) is 15.9. The van der Waals surface area contributed by atoms with Crippen LogP contribution in [0.1, 0.15) is 15.9 Å². The lowest BCUT2D eigenvalue weighted by Crippen LogP contribution is -2.23. The molecule has 0 saturated heterocycles. The Morgan fingerprint density at radius 2 is 1.77 bits per heavy atom. The molecule has 3 N–H and O–H groups in total. The van der Waals surface area contributed by atoms with Gasteiger partial charge in [0.2, 0.25) is 5.91 Å². The first kappa shape index (κ1) is 16.0. The van der Waals surface area contributed by atoms with E-state index in [9.17, 15) is 14.0 Å². The van der Waals surface area contributed by atoms with Gasteiger partial charge in [0, 0.05) is 11.4 Å². The van der Waals surface area contributed by atoms with Crippen LogP contribution in [0.15, 0.2) is 53.4 Å². The van der Waals surface area contributed by atoms with E-state index in [-0.39, 0.29) is 17.5 Å². The van der Waals surface area contributed by atoms with Crippen molar-refractivity contribution < 1.29 is 14.0 Å². The van der Waals surface area contributed by atoms with Gasteiger partial charge in [-0.25, -0.2) is 4.39 Å². The van der Waals surface area contributed by atoms with Crippen molar-refractivity contribution in [1.29, 1.82) is 0 Å². The van der Waals surface area contributed by atoms with E-state index >= 15 is 0 Å². The Labute approximate surface area is 131 Å². The van der Waals surface area contributed by atoms with E-state index in [1.165, 1.54) is 23.9 Å². The lowest BCUT2D eigenvalue weighted by atomic mass is 10.2. The molecule has 22 heavy (non-hydrogen) atoms. The molecule has 0 aliphatic rings. The maximum absolute atomic E-state index is 12.8.